The molecule has 0 unspecified atom stereocenters. The van der Waals surface area contributed by atoms with Crippen LogP contribution >= 0.6 is 0 Å². The largest absolute Gasteiger partial charge is 0.444 e. The van der Waals surface area contributed by atoms with Crippen LogP contribution < -0.4 is 5.32 Å². The lowest BCUT2D eigenvalue weighted by atomic mass is 9.94. The molecular weight excluding hydrogens is 512 g/mol. The summed E-state index contributed by atoms with van der Waals surface area (Å²) in [6.45, 7) is 6.19. The highest BCUT2D eigenvalue weighted by Crippen LogP contribution is 2.45. The van der Waals surface area contributed by atoms with E-state index in [1.54, 1.807) is 13.3 Å². The van der Waals surface area contributed by atoms with Crippen molar-refractivity contribution in [2.24, 2.45) is 0 Å². The molecule has 5 rings (SSSR count). The highest BCUT2D eigenvalue weighted by atomic mass is 16.6. The van der Waals surface area contributed by atoms with Crippen molar-refractivity contribution in [1.82, 2.24) is 4.98 Å². The number of nitrogens with one attached hydrogen (secondary N) is 1. The maximum absolute atomic E-state index is 13.6. The summed E-state index contributed by atoms with van der Waals surface area (Å²) in [5.74, 6) is 0.488. The van der Waals surface area contributed by atoms with E-state index in [-0.39, 0.29) is 12.2 Å². The molecule has 1 aliphatic carbocycles. The maximum Gasteiger partial charge on any atom is 0.412 e. The molecule has 4 aromatic rings. The van der Waals surface area contributed by atoms with E-state index in [9.17, 15) is 9.59 Å². The zero-order valence-electron chi connectivity index (χ0n) is 24.3. The third-order valence-corrected chi connectivity index (χ3v) is 7.28. The molecule has 0 spiro atoms. The van der Waals surface area contributed by atoms with Crippen LogP contribution in [0.2, 0.25) is 0 Å². The molecule has 6 nitrogen and oxygen atoms in total. The number of rotatable bonds is 10. The summed E-state index contributed by atoms with van der Waals surface area (Å²) in [5, 5.41) is 3.83. The first-order chi connectivity index (χ1) is 19.7. The predicted octanol–water partition coefficient (Wildman–Crippen LogP) is 8.13. The van der Waals surface area contributed by atoms with Gasteiger partial charge in [0.05, 0.1) is 5.52 Å². The fourth-order valence-electron chi connectivity index (χ4n) is 5.23. The zero-order chi connectivity index (χ0) is 29.0. The van der Waals surface area contributed by atoms with E-state index in [0.717, 1.165) is 47.0 Å². The van der Waals surface area contributed by atoms with Crippen LogP contribution in [-0.4, -0.2) is 36.2 Å². The van der Waals surface area contributed by atoms with Crippen LogP contribution in [-0.2, 0) is 22.3 Å². The number of hydrogen-bond acceptors (Lipinski definition) is 5. The molecular formula is C35H38N2O4. The number of amides is 1. The monoisotopic (exact) mass is 550 g/mol. The Balaban J connectivity index is 1.44. The van der Waals surface area contributed by atoms with Crippen molar-refractivity contribution in [2.75, 3.05) is 19.0 Å². The summed E-state index contributed by atoms with van der Waals surface area (Å²) in [6.07, 6.45) is 5.57. The minimum absolute atomic E-state index is 0.0611. The van der Waals surface area contributed by atoms with Crippen molar-refractivity contribution in [3.05, 3.63) is 95.2 Å². The summed E-state index contributed by atoms with van der Waals surface area (Å²) in [4.78, 5) is 31.1. The summed E-state index contributed by atoms with van der Waals surface area (Å²) in [6, 6.07) is 21.9. The number of benzene rings is 3. The average Bonchev–Trinajstić information content (AvgIpc) is 3.78. The molecule has 0 bridgehead atoms. The fraction of sp³-hybridized carbons (Fsp3) is 0.343. The van der Waals surface area contributed by atoms with Gasteiger partial charge in [0.15, 0.2) is 5.78 Å². The highest BCUT2D eigenvalue weighted by molar-refractivity contribution is 6.01. The molecule has 41 heavy (non-hydrogen) atoms. The second kappa shape index (κ2) is 12.2. The molecule has 1 amide bonds. The number of aromatic nitrogens is 1. The van der Waals surface area contributed by atoms with Gasteiger partial charge in [0.25, 0.3) is 0 Å². The second-order valence-corrected chi connectivity index (χ2v) is 11.8. The molecule has 0 radical (unpaired) electrons. The first-order valence-electron chi connectivity index (χ1n) is 14.3. The number of aryl methyl sites for hydroxylation is 1. The van der Waals surface area contributed by atoms with Crippen molar-refractivity contribution < 1.29 is 19.1 Å². The number of ether oxygens (including phenoxy) is 2. The molecule has 0 aliphatic heterocycles. The number of methoxy groups -OCH3 is 1. The van der Waals surface area contributed by atoms with E-state index in [1.165, 1.54) is 24.0 Å². The molecule has 212 valence electrons. The quantitative estimate of drug-likeness (QED) is 0.159. The van der Waals surface area contributed by atoms with Gasteiger partial charge in [0, 0.05) is 43.0 Å². The zero-order valence-corrected chi connectivity index (χ0v) is 24.3. The van der Waals surface area contributed by atoms with Gasteiger partial charge in [0.2, 0.25) is 0 Å². The Hall–Kier alpha value is -4.03. The van der Waals surface area contributed by atoms with Gasteiger partial charge in [-0.15, -0.1) is 0 Å². The first-order valence-corrected chi connectivity index (χ1v) is 14.3. The van der Waals surface area contributed by atoms with Crippen LogP contribution in [0.3, 0.4) is 0 Å². The topological polar surface area (TPSA) is 77.5 Å². The van der Waals surface area contributed by atoms with E-state index in [2.05, 4.69) is 17.4 Å². The third-order valence-electron chi connectivity index (χ3n) is 7.28. The predicted molar refractivity (Wildman–Crippen MR) is 164 cm³/mol. The van der Waals surface area contributed by atoms with Crippen LogP contribution in [0.5, 0.6) is 0 Å². The van der Waals surface area contributed by atoms with Gasteiger partial charge in [-0.25, -0.2) is 4.79 Å². The molecule has 1 heterocycles. The number of Topliss-reactive ketones (excluding diaryl/α,β-unsaturated/α-hetero) is 1. The molecule has 1 fully saturated rings. The Morgan fingerprint density at radius 2 is 1.73 bits per heavy atom. The molecule has 1 aliphatic rings. The Morgan fingerprint density at radius 3 is 2.44 bits per heavy atom. The van der Waals surface area contributed by atoms with Gasteiger partial charge in [-0.2, -0.15) is 0 Å². The van der Waals surface area contributed by atoms with Gasteiger partial charge in [0.1, 0.15) is 5.60 Å². The lowest BCUT2D eigenvalue weighted by Gasteiger charge is -2.21. The van der Waals surface area contributed by atoms with E-state index >= 15 is 0 Å². The minimum Gasteiger partial charge on any atom is -0.444 e. The number of fused-ring (bicyclic) bond motifs is 1. The number of carbonyl (C=O) groups is 2. The molecule has 0 saturated heterocycles. The number of carbonyl (C=O) groups excluding carboxylic acids is 2. The number of anilines is 1. The SMILES string of the molecule is COCCCc1ccc2cc(C(=O)Cc3cc(-c4ccccc4)ccc3NC(=O)OC(C)(C)C)cnc2c1C1CC1. The van der Waals surface area contributed by atoms with Gasteiger partial charge >= 0.3 is 6.09 Å². The fourth-order valence-corrected chi connectivity index (χ4v) is 5.23. The van der Waals surface area contributed by atoms with Gasteiger partial charge in [-0.3, -0.25) is 15.1 Å². The minimum atomic E-state index is -0.635. The lowest BCUT2D eigenvalue weighted by molar-refractivity contribution is 0.0635. The lowest BCUT2D eigenvalue weighted by Crippen LogP contribution is -2.27. The van der Waals surface area contributed by atoms with Crippen molar-refractivity contribution in [3.8, 4) is 11.1 Å². The summed E-state index contributed by atoms with van der Waals surface area (Å²) < 4.78 is 10.7. The second-order valence-electron chi connectivity index (χ2n) is 11.8. The highest BCUT2D eigenvalue weighted by Gasteiger charge is 2.29. The molecule has 6 heteroatoms. The number of nitrogens with zero attached hydrogens (tertiary/aromatic N) is 1. The molecule has 1 saturated carbocycles. The molecule has 3 aromatic carbocycles. The molecule has 1 N–H and O–H groups in total. The molecule has 0 atom stereocenters. The van der Waals surface area contributed by atoms with E-state index in [0.29, 0.717) is 17.2 Å². The standard InChI is InChI=1S/C35H38N2O4/c1-35(2,3)41-34(39)37-30-17-16-26(23-9-6-5-7-10-23)19-28(30)21-31(38)29-20-27-15-14-24(11-8-18-40-4)32(25-12-13-25)33(27)36-22-29/h5-7,9-10,14-17,19-20,22,25H,8,11-13,18,21H2,1-4H3,(H,37,39). The van der Waals surface area contributed by atoms with Gasteiger partial charge < -0.3 is 9.47 Å². The Labute approximate surface area is 242 Å². The Morgan fingerprint density at radius 1 is 0.951 bits per heavy atom. The summed E-state index contributed by atoms with van der Waals surface area (Å²) >= 11 is 0. The van der Waals surface area contributed by atoms with Crippen molar-refractivity contribution in [3.63, 3.8) is 0 Å². The van der Waals surface area contributed by atoms with E-state index < -0.39 is 11.7 Å². The van der Waals surface area contributed by atoms with Gasteiger partial charge in [-0.05, 0) is 98.4 Å². The van der Waals surface area contributed by atoms with E-state index in [1.807, 2.05) is 75.4 Å². The smallest absolute Gasteiger partial charge is 0.412 e. The van der Waals surface area contributed by atoms with Crippen LogP contribution in [0.25, 0.3) is 22.0 Å². The Kier molecular flexibility index (Phi) is 8.50. The maximum atomic E-state index is 13.6. The van der Waals surface area contributed by atoms with Crippen molar-refractivity contribution in [2.45, 2.75) is 64.4 Å². The number of pyridine rings is 1. The normalized spacial score (nSPS) is 13.3. The van der Waals surface area contributed by atoms with Crippen molar-refractivity contribution >= 4 is 28.5 Å². The van der Waals surface area contributed by atoms with Crippen LogP contribution in [0, 0.1) is 0 Å². The average molecular weight is 551 g/mol. The molecule has 1 aromatic heterocycles. The van der Waals surface area contributed by atoms with Gasteiger partial charge in [-0.1, -0.05) is 48.5 Å². The number of ketones is 1. The van der Waals surface area contributed by atoms with Crippen LogP contribution in [0.1, 0.15) is 73.0 Å². The Bertz CT molecular complexity index is 1550. The number of hydrogen-bond donors (Lipinski definition) is 1. The van der Waals surface area contributed by atoms with Crippen LogP contribution in [0.4, 0.5) is 10.5 Å². The summed E-state index contributed by atoms with van der Waals surface area (Å²) in [5.41, 5.74) is 6.85. The first kappa shape index (κ1) is 28.5. The van der Waals surface area contributed by atoms with E-state index in [4.69, 9.17) is 14.5 Å². The summed E-state index contributed by atoms with van der Waals surface area (Å²) in [7, 11) is 1.73. The van der Waals surface area contributed by atoms with Crippen LogP contribution in [0.15, 0.2) is 72.9 Å². The van der Waals surface area contributed by atoms with Crippen molar-refractivity contribution in [1.29, 1.82) is 0 Å². The third kappa shape index (κ3) is 7.19.